The number of carbonyl (C=O) groups is 2. The predicted octanol–water partition coefficient (Wildman–Crippen LogP) is -0.103. The van der Waals surface area contributed by atoms with Gasteiger partial charge in [-0.3, -0.25) is 4.79 Å². The van der Waals surface area contributed by atoms with Gasteiger partial charge in [-0.25, -0.2) is 9.78 Å². The van der Waals surface area contributed by atoms with Gasteiger partial charge in [0.1, 0.15) is 6.04 Å². The summed E-state index contributed by atoms with van der Waals surface area (Å²) in [5.41, 5.74) is 6.19. The van der Waals surface area contributed by atoms with E-state index in [1.54, 1.807) is 0 Å². The summed E-state index contributed by atoms with van der Waals surface area (Å²) in [6.45, 7) is 2.37. The zero-order chi connectivity index (χ0) is 14.3. The Morgan fingerprint density at radius 1 is 1.58 bits per heavy atom. The van der Waals surface area contributed by atoms with Crippen molar-refractivity contribution in [3.05, 3.63) is 18.2 Å². The van der Waals surface area contributed by atoms with Crippen LogP contribution < -0.4 is 11.1 Å². The van der Waals surface area contributed by atoms with Crippen molar-refractivity contribution < 1.29 is 14.7 Å². The topological polar surface area (TPSA) is 121 Å². The second kappa shape index (κ2) is 7.52. The molecule has 0 bridgehead atoms. The summed E-state index contributed by atoms with van der Waals surface area (Å²) >= 11 is 0. The van der Waals surface area contributed by atoms with Gasteiger partial charge in [-0.2, -0.15) is 0 Å². The fourth-order valence-corrected chi connectivity index (χ4v) is 1.73. The molecule has 1 amide bonds. The molecule has 5 N–H and O–H groups in total. The molecule has 1 unspecified atom stereocenters. The van der Waals surface area contributed by atoms with Gasteiger partial charge in [0.2, 0.25) is 5.91 Å². The van der Waals surface area contributed by atoms with E-state index in [-0.39, 0.29) is 24.7 Å². The van der Waals surface area contributed by atoms with Crippen molar-refractivity contribution in [3.8, 4) is 0 Å². The monoisotopic (exact) mass is 268 g/mol. The minimum absolute atomic E-state index is 0.0848. The number of imidazole rings is 1. The first-order valence-electron chi connectivity index (χ1n) is 6.26. The lowest BCUT2D eigenvalue weighted by Gasteiger charge is -2.16. The lowest BCUT2D eigenvalue weighted by Crippen LogP contribution is -2.43. The molecule has 0 aliphatic heterocycles. The van der Waals surface area contributed by atoms with Crippen LogP contribution in [-0.2, 0) is 16.0 Å². The third-order valence-corrected chi connectivity index (χ3v) is 3.00. The second-order valence-corrected chi connectivity index (χ2v) is 4.45. The average Bonchev–Trinajstić information content (AvgIpc) is 2.87. The maximum absolute atomic E-state index is 11.8. The highest BCUT2D eigenvalue weighted by molar-refractivity contribution is 5.83. The van der Waals surface area contributed by atoms with Crippen LogP contribution in [0.2, 0.25) is 0 Å². The summed E-state index contributed by atoms with van der Waals surface area (Å²) in [5, 5.41) is 11.6. The van der Waals surface area contributed by atoms with E-state index >= 15 is 0 Å². The average molecular weight is 268 g/mol. The molecule has 19 heavy (non-hydrogen) atoms. The summed E-state index contributed by atoms with van der Waals surface area (Å²) in [4.78, 5) is 29.5. The van der Waals surface area contributed by atoms with Gasteiger partial charge in [-0.1, -0.05) is 13.3 Å². The molecule has 0 aliphatic carbocycles. The van der Waals surface area contributed by atoms with Crippen molar-refractivity contribution in [1.29, 1.82) is 0 Å². The number of nitrogens with one attached hydrogen (secondary N) is 2. The predicted molar refractivity (Wildman–Crippen MR) is 69.3 cm³/mol. The second-order valence-electron chi connectivity index (χ2n) is 4.45. The zero-order valence-corrected chi connectivity index (χ0v) is 10.9. The normalized spacial score (nSPS) is 13.8. The van der Waals surface area contributed by atoms with Gasteiger partial charge in [0.25, 0.3) is 0 Å². The van der Waals surface area contributed by atoms with Crippen LogP contribution in [0.5, 0.6) is 0 Å². The molecular weight excluding hydrogens is 248 g/mol. The van der Waals surface area contributed by atoms with E-state index in [9.17, 15) is 9.59 Å². The molecule has 7 nitrogen and oxygen atoms in total. The highest BCUT2D eigenvalue weighted by atomic mass is 16.4. The maximum atomic E-state index is 11.8. The van der Waals surface area contributed by atoms with Crippen molar-refractivity contribution in [2.24, 2.45) is 11.7 Å². The first-order valence-corrected chi connectivity index (χ1v) is 6.26. The molecule has 0 spiro atoms. The molecule has 0 aromatic carbocycles. The van der Waals surface area contributed by atoms with Gasteiger partial charge in [0, 0.05) is 24.7 Å². The highest BCUT2D eigenvalue weighted by Gasteiger charge is 2.22. The van der Waals surface area contributed by atoms with E-state index in [2.05, 4.69) is 15.3 Å². The lowest BCUT2D eigenvalue weighted by atomic mass is 10.0. The van der Waals surface area contributed by atoms with Crippen LogP contribution in [0.25, 0.3) is 0 Å². The SMILES string of the molecule is CCC(CN)CC(=O)N[C@@H](Cc1cnc[nH]1)C(=O)O. The molecule has 0 radical (unpaired) electrons. The number of hydrogen-bond acceptors (Lipinski definition) is 4. The Balaban J connectivity index is 2.53. The van der Waals surface area contributed by atoms with Crippen molar-refractivity contribution in [1.82, 2.24) is 15.3 Å². The number of aliphatic carboxylic acids is 1. The van der Waals surface area contributed by atoms with E-state index in [0.29, 0.717) is 12.2 Å². The number of H-pyrrole nitrogens is 1. The molecule has 0 saturated carbocycles. The van der Waals surface area contributed by atoms with Crippen molar-refractivity contribution in [2.75, 3.05) is 6.54 Å². The Morgan fingerprint density at radius 3 is 2.79 bits per heavy atom. The maximum Gasteiger partial charge on any atom is 0.326 e. The molecule has 1 heterocycles. The van der Waals surface area contributed by atoms with E-state index in [4.69, 9.17) is 10.8 Å². The summed E-state index contributed by atoms with van der Waals surface area (Å²) in [5.74, 6) is -1.27. The van der Waals surface area contributed by atoms with E-state index in [1.165, 1.54) is 12.5 Å². The molecule has 106 valence electrons. The van der Waals surface area contributed by atoms with Gasteiger partial charge < -0.3 is 21.1 Å². The van der Waals surface area contributed by atoms with Crippen LogP contribution in [0.15, 0.2) is 12.5 Å². The number of rotatable bonds is 8. The Morgan fingerprint density at radius 2 is 2.32 bits per heavy atom. The number of carboxylic acids is 1. The number of nitrogens with zero attached hydrogens (tertiary/aromatic N) is 1. The number of amides is 1. The first kappa shape index (κ1) is 15.2. The van der Waals surface area contributed by atoms with Crippen molar-refractivity contribution in [2.45, 2.75) is 32.2 Å². The van der Waals surface area contributed by atoms with Crippen LogP contribution in [0.4, 0.5) is 0 Å². The first-order chi connectivity index (χ1) is 9.06. The van der Waals surface area contributed by atoms with Crippen LogP contribution in [-0.4, -0.2) is 39.5 Å². The minimum atomic E-state index is -1.07. The summed E-state index contributed by atoms with van der Waals surface area (Å²) < 4.78 is 0. The fourth-order valence-electron chi connectivity index (χ4n) is 1.73. The van der Waals surface area contributed by atoms with Gasteiger partial charge in [-0.05, 0) is 12.5 Å². The van der Waals surface area contributed by atoms with Crippen LogP contribution in [0, 0.1) is 5.92 Å². The standard InChI is InChI=1S/C12H20N4O3/c1-2-8(5-13)3-11(17)16-10(12(18)19)4-9-6-14-7-15-9/h6-8,10H,2-5,13H2,1H3,(H,14,15)(H,16,17)(H,18,19)/t8?,10-/m0/s1. The lowest BCUT2D eigenvalue weighted by molar-refractivity contribution is -0.141. The smallest absolute Gasteiger partial charge is 0.326 e. The molecule has 1 aromatic heterocycles. The van der Waals surface area contributed by atoms with Gasteiger partial charge in [0.05, 0.1) is 6.33 Å². The molecule has 7 heteroatoms. The summed E-state index contributed by atoms with van der Waals surface area (Å²) in [6.07, 6.45) is 4.23. The van der Waals surface area contributed by atoms with Gasteiger partial charge in [0.15, 0.2) is 0 Å². The Kier molecular flexibility index (Phi) is 6.01. The zero-order valence-electron chi connectivity index (χ0n) is 10.9. The molecule has 2 atom stereocenters. The Labute approximate surface area is 111 Å². The van der Waals surface area contributed by atoms with Crippen molar-refractivity contribution in [3.63, 3.8) is 0 Å². The number of carboxylic acid groups (broad SMARTS) is 1. The third-order valence-electron chi connectivity index (χ3n) is 3.00. The van der Waals surface area contributed by atoms with Crippen LogP contribution in [0.3, 0.4) is 0 Å². The molecule has 0 aliphatic rings. The van der Waals surface area contributed by atoms with Gasteiger partial charge >= 0.3 is 5.97 Å². The number of nitrogens with two attached hydrogens (primary N) is 1. The summed E-state index contributed by atoms with van der Waals surface area (Å²) in [7, 11) is 0. The van der Waals surface area contributed by atoms with Crippen LogP contribution >= 0.6 is 0 Å². The Hall–Kier alpha value is -1.89. The number of hydrogen-bond donors (Lipinski definition) is 4. The highest BCUT2D eigenvalue weighted by Crippen LogP contribution is 2.06. The minimum Gasteiger partial charge on any atom is -0.480 e. The molecule has 0 saturated heterocycles. The van der Waals surface area contributed by atoms with E-state index in [1.807, 2.05) is 6.92 Å². The molecule has 1 rings (SSSR count). The summed E-state index contributed by atoms with van der Waals surface area (Å²) in [6, 6.07) is -0.955. The largest absolute Gasteiger partial charge is 0.480 e. The fraction of sp³-hybridized carbons (Fsp3) is 0.583. The van der Waals surface area contributed by atoms with Crippen LogP contribution in [0.1, 0.15) is 25.5 Å². The number of aromatic nitrogens is 2. The van der Waals surface area contributed by atoms with Crippen molar-refractivity contribution >= 4 is 11.9 Å². The Bertz CT molecular complexity index is 401. The quantitative estimate of drug-likeness (QED) is 0.524. The van der Waals surface area contributed by atoms with Gasteiger partial charge in [-0.15, -0.1) is 0 Å². The molecule has 1 aromatic rings. The third kappa shape index (κ3) is 5.09. The molecule has 0 fully saturated rings. The van der Waals surface area contributed by atoms with E-state index in [0.717, 1.165) is 6.42 Å². The molecular formula is C12H20N4O3. The number of carbonyl (C=O) groups excluding carboxylic acids is 1. The number of aromatic amines is 1. The van der Waals surface area contributed by atoms with E-state index < -0.39 is 12.0 Å².